The van der Waals surface area contributed by atoms with Crippen LogP contribution in [0.2, 0.25) is 0 Å². The van der Waals surface area contributed by atoms with Crippen molar-refractivity contribution in [3.05, 3.63) is 0 Å². The first-order valence-electron chi connectivity index (χ1n) is 5.79. The van der Waals surface area contributed by atoms with Crippen LogP contribution in [0, 0.1) is 5.92 Å². The van der Waals surface area contributed by atoms with Gasteiger partial charge in [-0.3, -0.25) is 9.69 Å². The highest BCUT2D eigenvalue weighted by Crippen LogP contribution is 1.96. The molecule has 90 valence electrons. The van der Waals surface area contributed by atoms with E-state index in [1.165, 1.54) is 0 Å². The fourth-order valence-electron chi connectivity index (χ4n) is 1.29. The zero-order valence-electron chi connectivity index (χ0n) is 10.3. The molecule has 0 rings (SSSR count). The summed E-state index contributed by atoms with van der Waals surface area (Å²) in [5, 5.41) is 2.92. The van der Waals surface area contributed by atoms with Crippen LogP contribution in [0.5, 0.6) is 0 Å². The average molecular weight is 215 g/mol. The number of likely N-dealkylation sites (N-methyl/N-ethyl adjacent to an activating group) is 1. The number of nitrogens with one attached hydrogen (secondary N) is 1. The normalized spacial score (nSPS) is 11.1. The Kier molecular flexibility index (Phi) is 8.33. The lowest BCUT2D eigenvalue weighted by Crippen LogP contribution is -2.39. The van der Waals surface area contributed by atoms with Crippen molar-refractivity contribution in [2.75, 3.05) is 32.7 Å². The van der Waals surface area contributed by atoms with Crippen molar-refractivity contribution in [2.24, 2.45) is 11.7 Å². The van der Waals surface area contributed by atoms with Gasteiger partial charge in [0.15, 0.2) is 0 Å². The first kappa shape index (κ1) is 14.4. The Bertz CT molecular complexity index is 171. The van der Waals surface area contributed by atoms with Gasteiger partial charge in [-0.2, -0.15) is 0 Å². The Morgan fingerprint density at radius 1 is 1.47 bits per heavy atom. The van der Waals surface area contributed by atoms with Crippen LogP contribution in [0.15, 0.2) is 0 Å². The van der Waals surface area contributed by atoms with Gasteiger partial charge in [0.05, 0.1) is 6.54 Å². The highest BCUT2D eigenvalue weighted by molar-refractivity contribution is 5.77. The number of nitrogens with zero attached hydrogens (tertiary/aromatic N) is 1. The number of hydrogen-bond acceptors (Lipinski definition) is 3. The fourth-order valence-corrected chi connectivity index (χ4v) is 1.29. The second-order valence-electron chi connectivity index (χ2n) is 4.19. The van der Waals surface area contributed by atoms with Gasteiger partial charge in [0.1, 0.15) is 0 Å². The van der Waals surface area contributed by atoms with Crippen molar-refractivity contribution < 1.29 is 4.79 Å². The predicted molar refractivity (Wildman–Crippen MR) is 63.6 cm³/mol. The van der Waals surface area contributed by atoms with Crippen molar-refractivity contribution in [3.8, 4) is 0 Å². The SMILES string of the molecule is CCN(CCN)CC(=O)NCCC(C)C. The van der Waals surface area contributed by atoms with Crippen molar-refractivity contribution in [1.29, 1.82) is 0 Å². The minimum absolute atomic E-state index is 0.103. The lowest BCUT2D eigenvalue weighted by atomic mass is 10.1. The monoisotopic (exact) mass is 215 g/mol. The van der Waals surface area contributed by atoms with Crippen LogP contribution in [0.1, 0.15) is 27.2 Å². The molecule has 0 fully saturated rings. The summed E-state index contributed by atoms with van der Waals surface area (Å²) in [5.41, 5.74) is 5.45. The third-order valence-electron chi connectivity index (χ3n) is 2.30. The summed E-state index contributed by atoms with van der Waals surface area (Å²) in [5.74, 6) is 0.738. The second-order valence-corrected chi connectivity index (χ2v) is 4.19. The summed E-state index contributed by atoms with van der Waals surface area (Å²) in [6.07, 6.45) is 1.04. The van der Waals surface area contributed by atoms with Crippen LogP contribution in [0.3, 0.4) is 0 Å². The zero-order chi connectivity index (χ0) is 11.7. The van der Waals surface area contributed by atoms with Gasteiger partial charge in [0.25, 0.3) is 0 Å². The van der Waals surface area contributed by atoms with Crippen LogP contribution < -0.4 is 11.1 Å². The molecule has 4 nitrogen and oxygen atoms in total. The summed E-state index contributed by atoms with van der Waals surface area (Å²) in [6, 6.07) is 0. The molecule has 0 aliphatic carbocycles. The minimum Gasteiger partial charge on any atom is -0.355 e. The molecular formula is C11H25N3O. The van der Waals surface area contributed by atoms with Gasteiger partial charge in [-0.1, -0.05) is 20.8 Å². The van der Waals surface area contributed by atoms with E-state index in [4.69, 9.17) is 5.73 Å². The molecule has 0 aliphatic heterocycles. The first-order chi connectivity index (χ1) is 7.10. The number of carbonyl (C=O) groups excluding carboxylic acids is 1. The topological polar surface area (TPSA) is 58.4 Å². The van der Waals surface area contributed by atoms with Crippen LogP contribution >= 0.6 is 0 Å². The molecule has 0 saturated carbocycles. The molecule has 0 bridgehead atoms. The van der Waals surface area contributed by atoms with E-state index in [2.05, 4.69) is 19.2 Å². The van der Waals surface area contributed by atoms with Gasteiger partial charge in [0.2, 0.25) is 5.91 Å². The third kappa shape index (κ3) is 8.39. The quantitative estimate of drug-likeness (QED) is 0.617. The summed E-state index contributed by atoms with van der Waals surface area (Å²) in [6.45, 7) is 9.84. The Hall–Kier alpha value is -0.610. The van der Waals surface area contributed by atoms with Crippen LogP contribution in [-0.2, 0) is 4.79 Å². The van der Waals surface area contributed by atoms with E-state index in [1.54, 1.807) is 0 Å². The molecular weight excluding hydrogens is 190 g/mol. The van der Waals surface area contributed by atoms with Gasteiger partial charge < -0.3 is 11.1 Å². The molecule has 0 aromatic rings. The minimum atomic E-state index is 0.103. The van der Waals surface area contributed by atoms with Gasteiger partial charge in [-0.15, -0.1) is 0 Å². The molecule has 0 aromatic heterocycles. The van der Waals surface area contributed by atoms with Crippen molar-refractivity contribution >= 4 is 5.91 Å². The highest BCUT2D eigenvalue weighted by Gasteiger charge is 2.07. The molecule has 0 spiro atoms. The number of nitrogens with two attached hydrogens (primary N) is 1. The molecule has 0 unspecified atom stereocenters. The number of carbonyl (C=O) groups is 1. The second kappa shape index (κ2) is 8.68. The molecule has 1 amide bonds. The Morgan fingerprint density at radius 2 is 2.13 bits per heavy atom. The van der Waals surface area contributed by atoms with Crippen LogP contribution in [-0.4, -0.2) is 43.5 Å². The third-order valence-corrected chi connectivity index (χ3v) is 2.30. The zero-order valence-corrected chi connectivity index (χ0v) is 10.3. The molecule has 4 heteroatoms. The van der Waals surface area contributed by atoms with E-state index < -0.39 is 0 Å². The van der Waals surface area contributed by atoms with Gasteiger partial charge in [0, 0.05) is 19.6 Å². The van der Waals surface area contributed by atoms with Crippen LogP contribution in [0.4, 0.5) is 0 Å². The highest BCUT2D eigenvalue weighted by atomic mass is 16.2. The standard InChI is InChI=1S/C11H25N3O/c1-4-14(8-6-12)9-11(15)13-7-5-10(2)3/h10H,4-9,12H2,1-3H3,(H,13,15). The first-order valence-corrected chi connectivity index (χ1v) is 5.79. The maximum Gasteiger partial charge on any atom is 0.234 e. The van der Waals surface area contributed by atoms with Gasteiger partial charge in [-0.05, 0) is 18.9 Å². The largest absolute Gasteiger partial charge is 0.355 e. The molecule has 0 heterocycles. The van der Waals surface area contributed by atoms with E-state index in [0.717, 1.165) is 26.1 Å². The Labute approximate surface area is 93.2 Å². The van der Waals surface area contributed by atoms with E-state index in [1.807, 2.05) is 11.8 Å². The van der Waals surface area contributed by atoms with Crippen LogP contribution in [0.25, 0.3) is 0 Å². The molecule has 0 radical (unpaired) electrons. The predicted octanol–water partition coefficient (Wildman–Crippen LogP) is 0.429. The van der Waals surface area contributed by atoms with E-state index in [-0.39, 0.29) is 5.91 Å². The molecule has 0 aliphatic rings. The van der Waals surface area contributed by atoms with Crippen molar-refractivity contribution in [1.82, 2.24) is 10.2 Å². The number of rotatable bonds is 8. The summed E-state index contributed by atoms with van der Waals surface area (Å²) >= 11 is 0. The van der Waals surface area contributed by atoms with Gasteiger partial charge >= 0.3 is 0 Å². The Morgan fingerprint density at radius 3 is 2.60 bits per heavy atom. The van der Waals surface area contributed by atoms with E-state index in [0.29, 0.717) is 19.0 Å². The lowest BCUT2D eigenvalue weighted by molar-refractivity contribution is -0.122. The smallest absolute Gasteiger partial charge is 0.234 e. The Balaban J connectivity index is 3.61. The summed E-state index contributed by atoms with van der Waals surface area (Å²) in [7, 11) is 0. The average Bonchev–Trinajstić information content (AvgIpc) is 2.16. The number of amides is 1. The number of hydrogen-bond donors (Lipinski definition) is 2. The molecule has 0 atom stereocenters. The van der Waals surface area contributed by atoms with Crippen molar-refractivity contribution in [3.63, 3.8) is 0 Å². The fraction of sp³-hybridized carbons (Fsp3) is 0.909. The maximum absolute atomic E-state index is 11.5. The molecule has 3 N–H and O–H groups in total. The molecule has 15 heavy (non-hydrogen) atoms. The van der Waals surface area contributed by atoms with Crippen molar-refractivity contribution in [2.45, 2.75) is 27.2 Å². The lowest BCUT2D eigenvalue weighted by Gasteiger charge is -2.18. The van der Waals surface area contributed by atoms with E-state index >= 15 is 0 Å². The summed E-state index contributed by atoms with van der Waals surface area (Å²) in [4.78, 5) is 13.5. The van der Waals surface area contributed by atoms with E-state index in [9.17, 15) is 4.79 Å². The maximum atomic E-state index is 11.5. The molecule has 0 aromatic carbocycles. The molecule has 0 saturated heterocycles. The summed E-state index contributed by atoms with van der Waals surface area (Å²) < 4.78 is 0. The van der Waals surface area contributed by atoms with Gasteiger partial charge in [-0.25, -0.2) is 0 Å².